The van der Waals surface area contributed by atoms with E-state index in [1.54, 1.807) is 12.1 Å². The Hall–Kier alpha value is -4.15. The average molecular weight is 538 g/mol. The smallest absolute Gasteiger partial charge is 0.255 e. The first-order chi connectivity index (χ1) is 19.4. The zero-order valence-corrected chi connectivity index (χ0v) is 23.9. The number of nitrogens with one attached hydrogen (secondary N) is 2. The molecule has 2 aromatic rings. The van der Waals surface area contributed by atoms with Gasteiger partial charge in [0.2, 0.25) is 5.91 Å². The van der Waals surface area contributed by atoms with Crippen LogP contribution in [0, 0.1) is 17.2 Å². The summed E-state index contributed by atoms with van der Waals surface area (Å²) in [6, 6.07) is 15.9. The van der Waals surface area contributed by atoms with Crippen molar-refractivity contribution >= 4 is 28.9 Å². The lowest BCUT2D eigenvalue weighted by Gasteiger charge is -2.45. The van der Waals surface area contributed by atoms with E-state index in [2.05, 4.69) is 46.1 Å². The summed E-state index contributed by atoms with van der Waals surface area (Å²) in [6.07, 6.45) is 7.19. The highest BCUT2D eigenvalue weighted by molar-refractivity contribution is 6.08. The van der Waals surface area contributed by atoms with Crippen molar-refractivity contribution in [2.45, 2.75) is 52.6 Å². The minimum atomic E-state index is -0.153. The van der Waals surface area contributed by atoms with Crippen molar-refractivity contribution in [1.82, 2.24) is 4.90 Å². The summed E-state index contributed by atoms with van der Waals surface area (Å²) in [6.45, 7) is 14.3. The van der Waals surface area contributed by atoms with E-state index in [-0.39, 0.29) is 29.8 Å². The van der Waals surface area contributed by atoms with Crippen LogP contribution in [0.2, 0.25) is 0 Å². The number of allylic oxidation sites excluding steroid dienone is 1. The lowest BCUT2D eigenvalue weighted by molar-refractivity contribution is -0.120. The molecule has 2 heterocycles. The predicted molar refractivity (Wildman–Crippen MR) is 162 cm³/mol. The van der Waals surface area contributed by atoms with Crippen molar-refractivity contribution in [2.75, 3.05) is 35.2 Å². The number of amides is 2. The van der Waals surface area contributed by atoms with Gasteiger partial charge in [0, 0.05) is 48.5 Å². The summed E-state index contributed by atoms with van der Waals surface area (Å²) >= 11 is 0. The minimum absolute atomic E-state index is 0.0100. The zero-order valence-electron chi connectivity index (χ0n) is 23.9. The van der Waals surface area contributed by atoms with Gasteiger partial charge in [0.1, 0.15) is 6.07 Å². The van der Waals surface area contributed by atoms with E-state index in [1.165, 1.54) is 0 Å². The second-order valence-corrected chi connectivity index (χ2v) is 10.4. The molecule has 208 valence electrons. The van der Waals surface area contributed by atoms with E-state index in [1.807, 2.05) is 63.3 Å². The predicted octanol–water partition coefficient (Wildman–Crippen LogP) is 6.20. The Kier molecular flexibility index (Phi) is 9.23. The van der Waals surface area contributed by atoms with Gasteiger partial charge in [-0.2, -0.15) is 5.26 Å². The summed E-state index contributed by atoms with van der Waals surface area (Å²) in [4.78, 5) is 30.4. The van der Waals surface area contributed by atoms with Gasteiger partial charge in [0.15, 0.2) is 0 Å². The topological polar surface area (TPSA) is 88.5 Å². The molecule has 2 N–H and O–H groups in total. The van der Waals surface area contributed by atoms with Crippen molar-refractivity contribution < 1.29 is 9.59 Å². The SMILES string of the molecule is C=CC1=C(/C=C\C)C(N2CCN(c3ccc(NC(=O)C(CC)CC)cc3C#N)[C@H](C)C2)c2ccccc2NC1=O. The fourth-order valence-corrected chi connectivity index (χ4v) is 5.89. The van der Waals surface area contributed by atoms with E-state index in [0.717, 1.165) is 48.4 Å². The number of piperazine rings is 1. The number of para-hydroxylation sites is 1. The molecule has 2 aromatic carbocycles. The first-order valence-corrected chi connectivity index (χ1v) is 14.1. The Morgan fingerprint density at radius 2 is 1.98 bits per heavy atom. The molecular weight excluding hydrogens is 498 g/mol. The molecule has 0 spiro atoms. The van der Waals surface area contributed by atoms with Crippen LogP contribution in [-0.2, 0) is 9.59 Å². The summed E-state index contributed by atoms with van der Waals surface area (Å²) in [7, 11) is 0. The van der Waals surface area contributed by atoms with E-state index in [0.29, 0.717) is 23.4 Å². The van der Waals surface area contributed by atoms with Crippen molar-refractivity contribution in [3.05, 3.63) is 89.5 Å². The molecule has 0 radical (unpaired) electrons. The largest absolute Gasteiger partial charge is 0.365 e. The number of hydrogen-bond donors (Lipinski definition) is 2. The monoisotopic (exact) mass is 537 g/mol. The molecule has 0 bridgehead atoms. The maximum Gasteiger partial charge on any atom is 0.255 e. The van der Waals surface area contributed by atoms with Crippen LogP contribution in [0.15, 0.2) is 78.4 Å². The zero-order chi connectivity index (χ0) is 28.8. The summed E-state index contributed by atoms with van der Waals surface area (Å²) in [5.74, 6) is -0.204. The highest BCUT2D eigenvalue weighted by atomic mass is 16.2. The highest BCUT2D eigenvalue weighted by Gasteiger charge is 2.36. The van der Waals surface area contributed by atoms with Crippen LogP contribution in [0.4, 0.5) is 17.1 Å². The van der Waals surface area contributed by atoms with Gasteiger partial charge in [0.25, 0.3) is 5.91 Å². The van der Waals surface area contributed by atoms with Gasteiger partial charge in [-0.3, -0.25) is 14.5 Å². The normalized spacial score (nSPS) is 19.7. The lowest BCUT2D eigenvalue weighted by Crippen LogP contribution is -2.53. The van der Waals surface area contributed by atoms with Gasteiger partial charge in [-0.05, 0) is 62.1 Å². The minimum Gasteiger partial charge on any atom is -0.365 e. The number of anilines is 3. The molecule has 1 unspecified atom stereocenters. The quantitative estimate of drug-likeness (QED) is 0.419. The molecule has 2 amide bonds. The van der Waals surface area contributed by atoms with E-state index in [9.17, 15) is 14.9 Å². The Morgan fingerprint density at radius 3 is 2.62 bits per heavy atom. The molecule has 40 heavy (non-hydrogen) atoms. The van der Waals surface area contributed by atoms with Crippen molar-refractivity contribution in [2.24, 2.45) is 5.92 Å². The summed E-state index contributed by atoms with van der Waals surface area (Å²) < 4.78 is 0. The Balaban J connectivity index is 1.62. The third-order valence-corrected chi connectivity index (χ3v) is 7.98. The lowest BCUT2D eigenvalue weighted by atomic mass is 9.91. The third kappa shape index (κ3) is 5.73. The second kappa shape index (κ2) is 12.8. The molecular formula is C33H39N5O2. The van der Waals surface area contributed by atoms with Crippen LogP contribution < -0.4 is 15.5 Å². The summed E-state index contributed by atoms with van der Waals surface area (Å²) in [5.41, 5.74) is 5.42. The first kappa shape index (κ1) is 28.8. The number of carbonyl (C=O) groups excluding carboxylic acids is 2. The molecule has 4 rings (SSSR count). The van der Waals surface area contributed by atoms with Crippen molar-refractivity contribution in [1.29, 1.82) is 5.26 Å². The first-order valence-electron chi connectivity index (χ1n) is 14.1. The highest BCUT2D eigenvalue weighted by Crippen LogP contribution is 2.40. The number of nitrogens with zero attached hydrogens (tertiary/aromatic N) is 3. The molecule has 7 nitrogen and oxygen atoms in total. The van der Waals surface area contributed by atoms with Gasteiger partial charge in [-0.15, -0.1) is 0 Å². The molecule has 0 aromatic heterocycles. The maximum absolute atomic E-state index is 13.1. The fraction of sp³-hybridized carbons (Fsp3) is 0.364. The number of carbonyl (C=O) groups is 2. The third-order valence-electron chi connectivity index (χ3n) is 7.98. The number of hydrogen-bond acceptors (Lipinski definition) is 5. The molecule has 1 saturated heterocycles. The van der Waals surface area contributed by atoms with Gasteiger partial charge in [-0.1, -0.05) is 56.9 Å². The number of benzene rings is 2. The number of rotatable bonds is 8. The molecule has 0 saturated carbocycles. The molecule has 2 aliphatic rings. The van der Waals surface area contributed by atoms with Gasteiger partial charge in [-0.25, -0.2) is 0 Å². The summed E-state index contributed by atoms with van der Waals surface area (Å²) in [5, 5.41) is 16.1. The fourth-order valence-electron chi connectivity index (χ4n) is 5.89. The van der Waals surface area contributed by atoms with E-state index < -0.39 is 0 Å². The van der Waals surface area contributed by atoms with Crippen molar-refractivity contribution in [3.8, 4) is 6.07 Å². The van der Waals surface area contributed by atoms with Crippen molar-refractivity contribution in [3.63, 3.8) is 0 Å². The van der Waals surface area contributed by atoms with Crippen LogP contribution >= 0.6 is 0 Å². The van der Waals surface area contributed by atoms with E-state index >= 15 is 0 Å². The Labute approximate surface area is 237 Å². The molecule has 1 fully saturated rings. The van der Waals surface area contributed by atoms with Crippen LogP contribution in [0.3, 0.4) is 0 Å². The van der Waals surface area contributed by atoms with Crippen LogP contribution in [0.25, 0.3) is 0 Å². The number of fused-ring (bicyclic) bond motifs is 1. The Morgan fingerprint density at radius 1 is 1.23 bits per heavy atom. The van der Waals surface area contributed by atoms with Crippen LogP contribution in [-0.4, -0.2) is 42.4 Å². The Bertz CT molecular complexity index is 1380. The van der Waals surface area contributed by atoms with Crippen LogP contribution in [0.1, 0.15) is 57.7 Å². The van der Waals surface area contributed by atoms with Crippen LogP contribution in [0.5, 0.6) is 0 Å². The maximum atomic E-state index is 13.1. The molecule has 2 aliphatic heterocycles. The van der Waals surface area contributed by atoms with Gasteiger partial charge >= 0.3 is 0 Å². The van der Waals surface area contributed by atoms with Gasteiger partial charge < -0.3 is 15.5 Å². The standard InChI is InChI=1S/C33H39N5O2/c1-6-12-27-26(9-4)33(40)36-29-14-11-10-13-28(29)31(27)37-17-18-38(22(5)21-37)30-16-15-25(19-24(30)20-34)35-32(39)23(7-2)8-3/h6,9-16,19,22-23,31H,4,7-8,17-18,21H2,1-3,5H3,(H,35,39)(H,36,40)/b12-6-/t22-,31?/m1/s1. The second-order valence-electron chi connectivity index (χ2n) is 10.4. The average Bonchev–Trinajstić information content (AvgIpc) is 3.07. The molecule has 2 atom stereocenters. The molecule has 7 heteroatoms. The number of nitriles is 1. The van der Waals surface area contributed by atoms with E-state index in [4.69, 9.17) is 0 Å². The van der Waals surface area contributed by atoms with Gasteiger partial charge in [0.05, 0.1) is 17.3 Å². The molecule has 0 aliphatic carbocycles.